The monoisotopic (exact) mass is 294 g/mol. The Hall–Kier alpha value is -1.35. The number of alkyl halides is 1. The van der Waals surface area contributed by atoms with E-state index in [2.05, 4.69) is 15.9 Å². The third-order valence-corrected chi connectivity index (χ3v) is 3.62. The molecule has 0 saturated heterocycles. The fourth-order valence-electron chi connectivity index (χ4n) is 1.65. The fraction of sp³-hybridized carbons (Fsp3) is 0.143. The van der Waals surface area contributed by atoms with Crippen molar-refractivity contribution >= 4 is 15.9 Å². The molecular weight excluding hydrogens is 283 g/mol. The van der Waals surface area contributed by atoms with E-state index in [1.165, 1.54) is 13.2 Å². The van der Waals surface area contributed by atoms with E-state index in [0.717, 1.165) is 11.1 Å². The molecule has 0 aliphatic carbocycles. The maximum absolute atomic E-state index is 13.3. The first kappa shape index (κ1) is 12.1. The second-order valence-corrected chi connectivity index (χ2v) is 4.58. The quantitative estimate of drug-likeness (QED) is 0.766. The van der Waals surface area contributed by atoms with Crippen LogP contribution in [-0.2, 0) is 0 Å². The van der Waals surface area contributed by atoms with Crippen LogP contribution in [0.2, 0.25) is 0 Å². The van der Waals surface area contributed by atoms with Crippen LogP contribution in [-0.4, -0.2) is 7.11 Å². The Bertz CT molecular complexity index is 499. The van der Waals surface area contributed by atoms with Gasteiger partial charge in [0.05, 0.1) is 11.9 Å². The van der Waals surface area contributed by atoms with Crippen molar-refractivity contribution in [3.63, 3.8) is 0 Å². The Morgan fingerprint density at radius 1 is 1.06 bits per heavy atom. The lowest BCUT2D eigenvalue weighted by Crippen LogP contribution is -1.95. The van der Waals surface area contributed by atoms with Crippen LogP contribution in [0.3, 0.4) is 0 Å². The van der Waals surface area contributed by atoms with E-state index in [4.69, 9.17) is 4.74 Å². The number of benzene rings is 2. The molecule has 17 heavy (non-hydrogen) atoms. The number of methoxy groups -OCH3 is 1. The zero-order valence-electron chi connectivity index (χ0n) is 9.36. The molecule has 3 heteroatoms. The maximum atomic E-state index is 13.3. The van der Waals surface area contributed by atoms with Gasteiger partial charge < -0.3 is 4.74 Å². The molecule has 0 aromatic heterocycles. The normalized spacial score (nSPS) is 12.2. The van der Waals surface area contributed by atoms with Gasteiger partial charge in [-0.05, 0) is 23.3 Å². The smallest absolute Gasteiger partial charge is 0.165 e. The van der Waals surface area contributed by atoms with Crippen LogP contribution >= 0.6 is 15.9 Å². The Kier molecular flexibility index (Phi) is 3.79. The van der Waals surface area contributed by atoms with Crippen LogP contribution in [0.25, 0.3) is 0 Å². The predicted molar refractivity (Wildman–Crippen MR) is 70.2 cm³/mol. The van der Waals surface area contributed by atoms with Gasteiger partial charge in [0.2, 0.25) is 0 Å². The molecule has 0 amide bonds. The molecule has 0 aliphatic rings. The summed E-state index contributed by atoms with van der Waals surface area (Å²) >= 11 is 3.60. The van der Waals surface area contributed by atoms with Gasteiger partial charge in [-0.2, -0.15) is 0 Å². The van der Waals surface area contributed by atoms with Crippen molar-refractivity contribution in [3.05, 3.63) is 65.5 Å². The average Bonchev–Trinajstić information content (AvgIpc) is 2.39. The van der Waals surface area contributed by atoms with Crippen LogP contribution in [0.1, 0.15) is 16.0 Å². The highest BCUT2D eigenvalue weighted by molar-refractivity contribution is 9.09. The SMILES string of the molecule is COc1cc(C(Br)c2ccccc2)ccc1F. The lowest BCUT2D eigenvalue weighted by atomic mass is 10.0. The van der Waals surface area contributed by atoms with Crippen LogP contribution in [0.4, 0.5) is 4.39 Å². The van der Waals surface area contributed by atoms with Gasteiger partial charge in [0.15, 0.2) is 11.6 Å². The molecule has 2 aromatic carbocycles. The molecule has 0 N–H and O–H groups in total. The summed E-state index contributed by atoms with van der Waals surface area (Å²) in [5, 5.41) is 0. The lowest BCUT2D eigenvalue weighted by Gasteiger charge is -2.12. The first-order chi connectivity index (χ1) is 8.22. The van der Waals surface area contributed by atoms with Gasteiger partial charge in [0.25, 0.3) is 0 Å². The van der Waals surface area contributed by atoms with Crippen molar-refractivity contribution in [1.82, 2.24) is 0 Å². The van der Waals surface area contributed by atoms with Crippen molar-refractivity contribution in [1.29, 1.82) is 0 Å². The highest BCUT2D eigenvalue weighted by Crippen LogP contribution is 2.33. The highest BCUT2D eigenvalue weighted by Gasteiger charge is 2.12. The molecule has 0 spiro atoms. The molecule has 1 unspecified atom stereocenters. The fourth-order valence-corrected chi connectivity index (χ4v) is 2.24. The van der Waals surface area contributed by atoms with E-state index in [-0.39, 0.29) is 16.4 Å². The number of hydrogen-bond donors (Lipinski definition) is 0. The van der Waals surface area contributed by atoms with Crippen LogP contribution < -0.4 is 4.74 Å². The Morgan fingerprint density at radius 2 is 1.76 bits per heavy atom. The molecule has 0 bridgehead atoms. The Balaban J connectivity index is 2.34. The predicted octanol–water partition coefficient (Wildman–Crippen LogP) is 4.32. The van der Waals surface area contributed by atoms with E-state index in [0.29, 0.717) is 0 Å². The first-order valence-corrected chi connectivity index (χ1v) is 6.16. The van der Waals surface area contributed by atoms with E-state index in [1.807, 2.05) is 30.3 Å². The first-order valence-electron chi connectivity index (χ1n) is 5.25. The van der Waals surface area contributed by atoms with Crippen molar-refractivity contribution in [2.75, 3.05) is 7.11 Å². The molecule has 0 heterocycles. The summed E-state index contributed by atoms with van der Waals surface area (Å²) in [4.78, 5) is 0.0400. The summed E-state index contributed by atoms with van der Waals surface area (Å²) in [6.07, 6.45) is 0. The van der Waals surface area contributed by atoms with Crippen molar-refractivity contribution in [3.8, 4) is 5.75 Å². The lowest BCUT2D eigenvalue weighted by molar-refractivity contribution is 0.386. The maximum Gasteiger partial charge on any atom is 0.165 e. The van der Waals surface area contributed by atoms with Crippen molar-refractivity contribution < 1.29 is 9.13 Å². The zero-order valence-corrected chi connectivity index (χ0v) is 10.9. The standard InChI is InChI=1S/C14H12BrFO/c1-17-13-9-11(7-8-12(13)16)14(15)10-5-3-2-4-6-10/h2-9,14H,1H3. The molecule has 0 radical (unpaired) electrons. The number of hydrogen-bond acceptors (Lipinski definition) is 1. The minimum Gasteiger partial charge on any atom is -0.494 e. The summed E-state index contributed by atoms with van der Waals surface area (Å²) < 4.78 is 18.3. The van der Waals surface area contributed by atoms with Crippen LogP contribution in [0.15, 0.2) is 48.5 Å². The molecule has 2 rings (SSSR count). The van der Waals surface area contributed by atoms with E-state index in [9.17, 15) is 4.39 Å². The van der Waals surface area contributed by atoms with Gasteiger partial charge in [0.1, 0.15) is 0 Å². The van der Waals surface area contributed by atoms with Gasteiger partial charge in [-0.1, -0.05) is 52.3 Å². The average molecular weight is 295 g/mol. The summed E-state index contributed by atoms with van der Waals surface area (Å²) in [5.41, 5.74) is 2.09. The van der Waals surface area contributed by atoms with Gasteiger partial charge in [-0.3, -0.25) is 0 Å². The minimum atomic E-state index is -0.344. The third-order valence-electron chi connectivity index (χ3n) is 2.56. The second-order valence-electron chi connectivity index (χ2n) is 3.67. The van der Waals surface area contributed by atoms with Crippen LogP contribution in [0, 0.1) is 5.82 Å². The van der Waals surface area contributed by atoms with E-state index >= 15 is 0 Å². The Labute approximate surface area is 108 Å². The van der Waals surface area contributed by atoms with Gasteiger partial charge in [-0.25, -0.2) is 4.39 Å². The Morgan fingerprint density at radius 3 is 2.41 bits per heavy atom. The van der Waals surface area contributed by atoms with Gasteiger partial charge in [-0.15, -0.1) is 0 Å². The zero-order chi connectivity index (χ0) is 12.3. The number of rotatable bonds is 3. The molecule has 1 atom stereocenters. The minimum absolute atomic E-state index is 0.0400. The van der Waals surface area contributed by atoms with E-state index in [1.54, 1.807) is 12.1 Å². The topological polar surface area (TPSA) is 9.23 Å². The van der Waals surface area contributed by atoms with Crippen LogP contribution in [0.5, 0.6) is 5.75 Å². The molecule has 0 fully saturated rings. The van der Waals surface area contributed by atoms with Crippen molar-refractivity contribution in [2.24, 2.45) is 0 Å². The largest absolute Gasteiger partial charge is 0.494 e. The second kappa shape index (κ2) is 5.32. The van der Waals surface area contributed by atoms with Crippen molar-refractivity contribution in [2.45, 2.75) is 4.83 Å². The molecule has 1 nitrogen and oxygen atoms in total. The molecule has 2 aromatic rings. The molecule has 0 aliphatic heterocycles. The van der Waals surface area contributed by atoms with Gasteiger partial charge >= 0.3 is 0 Å². The number of halogens is 2. The molecular formula is C14H12BrFO. The summed E-state index contributed by atoms with van der Waals surface area (Å²) in [6, 6.07) is 14.9. The van der Waals surface area contributed by atoms with Gasteiger partial charge in [0, 0.05) is 0 Å². The molecule has 88 valence electrons. The van der Waals surface area contributed by atoms with E-state index < -0.39 is 0 Å². The number of ether oxygens (including phenoxy) is 1. The summed E-state index contributed by atoms with van der Waals surface area (Å²) in [5.74, 6) is -0.0770. The molecule has 0 saturated carbocycles. The summed E-state index contributed by atoms with van der Waals surface area (Å²) in [7, 11) is 1.47. The third kappa shape index (κ3) is 2.67. The summed E-state index contributed by atoms with van der Waals surface area (Å²) in [6.45, 7) is 0. The highest BCUT2D eigenvalue weighted by atomic mass is 79.9.